The zero-order chi connectivity index (χ0) is 17.8. The lowest BCUT2D eigenvalue weighted by Crippen LogP contribution is -2.40. The van der Waals surface area contributed by atoms with E-state index >= 15 is 0 Å². The van der Waals surface area contributed by atoms with Gasteiger partial charge >= 0.3 is 0 Å². The first-order chi connectivity index (χ1) is 12.6. The van der Waals surface area contributed by atoms with Crippen molar-refractivity contribution in [2.45, 2.75) is 45.2 Å². The zero-order valence-electron chi connectivity index (χ0n) is 14.6. The number of para-hydroxylation sites is 1. The van der Waals surface area contributed by atoms with E-state index < -0.39 is 0 Å². The molecule has 3 heterocycles. The Kier molecular flexibility index (Phi) is 3.50. The number of amides is 1. The Balaban J connectivity index is 1.51. The summed E-state index contributed by atoms with van der Waals surface area (Å²) in [5.74, 6) is -0.0578. The average molecular weight is 365 g/mol. The monoisotopic (exact) mass is 365 g/mol. The van der Waals surface area contributed by atoms with Crippen LogP contribution in [-0.4, -0.2) is 21.5 Å². The summed E-state index contributed by atoms with van der Waals surface area (Å²) in [6, 6.07) is 8.10. The molecule has 5 nitrogen and oxygen atoms in total. The number of aromatic nitrogens is 2. The molecule has 5 rings (SSSR count). The van der Waals surface area contributed by atoms with Crippen molar-refractivity contribution in [1.82, 2.24) is 9.55 Å². The van der Waals surface area contributed by atoms with Crippen LogP contribution in [0.5, 0.6) is 0 Å². The summed E-state index contributed by atoms with van der Waals surface area (Å²) in [4.78, 5) is 34.4. The van der Waals surface area contributed by atoms with Crippen LogP contribution in [0.2, 0.25) is 0 Å². The van der Waals surface area contributed by atoms with Gasteiger partial charge in [-0.3, -0.25) is 14.2 Å². The summed E-state index contributed by atoms with van der Waals surface area (Å²) in [5, 5.41) is 0.729. The molecule has 1 aromatic carbocycles. The number of hydrogen-bond donors (Lipinski definition) is 0. The number of thiophene rings is 1. The lowest BCUT2D eigenvalue weighted by Gasteiger charge is -2.23. The Bertz CT molecular complexity index is 1100. The summed E-state index contributed by atoms with van der Waals surface area (Å²) in [5.41, 5.74) is 3.22. The molecule has 1 aliphatic heterocycles. The van der Waals surface area contributed by atoms with Gasteiger partial charge in [0.25, 0.3) is 5.56 Å². The predicted octanol–water partition coefficient (Wildman–Crippen LogP) is 2.92. The van der Waals surface area contributed by atoms with Crippen molar-refractivity contribution >= 4 is 33.1 Å². The Hall–Kier alpha value is -2.47. The molecule has 3 aromatic rings. The number of hydrogen-bond acceptors (Lipinski definition) is 4. The topological polar surface area (TPSA) is 55.2 Å². The second-order valence-electron chi connectivity index (χ2n) is 7.16. The lowest BCUT2D eigenvalue weighted by molar-refractivity contribution is -0.119. The van der Waals surface area contributed by atoms with E-state index in [0.29, 0.717) is 0 Å². The van der Waals surface area contributed by atoms with Crippen LogP contribution in [0.3, 0.4) is 0 Å². The molecule has 1 atom stereocenters. The van der Waals surface area contributed by atoms with Gasteiger partial charge in [-0.25, -0.2) is 4.98 Å². The highest BCUT2D eigenvalue weighted by atomic mass is 32.1. The fourth-order valence-corrected chi connectivity index (χ4v) is 5.52. The normalized spacial score (nSPS) is 18.3. The van der Waals surface area contributed by atoms with Gasteiger partial charge < -0.3 is 4.90 Å². The third-order valence-electron chi connectivity index (χ3n) is 5.47. The van der Waals surface area contributed by atoms with Gasteiger partial charge in [-0.05, 0) is 49.8 Å². The van der Waals surface area contributed by atoms with E-state index in [1.165, 1.54) is 21.3 Å². The smallest absolute Gasteiger partial charge is 0.262 e. The second-order valence-corrected chi connectivity index (χ2v) is 8.24. The molecule has 2 aliphatic rings. The Morgan fingerprint density at radius 3 is 3.04 bits per heavy atom. The minimum atomic E-state index is -0.0807. The number of anilines is 1. The predicted molar refractivity (Wildman–Crippen MR) is 103 cm³/mol. The van der Waals surface area contributed by atoms with E-state index in [1.54, 1.807) is 11.3 Å². The molecule has 1 amide bonds. The Labute approximate surface area is 154 Å². The summed E-state index contributed by atoms with van der Waals surface area (Å²) in [6.45, 7) is 2.08. The van der Waals surface area contributed by atoms with Gasteiger partial charge in [-0.1, -0.05) is 18.2 Å². The first kappa shape index (κ1) is 15.8. The molecule has 6 heteroatoms. The first-order valence-corrected chi connectivity index (χ1v) is 9.85. The molecule has 0 saturated heterocycles. The number of carbonyl (C=O) groups is 1. The summed E-state index contributed by atoms with van der Waals surface area (Å²) in [6.07, 6.45) is 5.47. The summed E-state index contributed by atoms with van der Waals surface area (Å²) in [7, 11) is 0. The Morgan fingerprint density at radius 1 is 1.31 bits per heavy atom. The van der Waals surface area contributed by atoms with E-state index in [1.807, 2.05) is 30.0 Å². The van der Waals surface area contributed by atoms with Crippen LogP contribution < -0.4 is 10.5 Å². The first-order valence-electron chi connectivity index (χ1n) is 9.03. The van der Waals surface area contributed by atoms with Gasteiger partial charge in [0, 0.05) is 16.6 Å². The van der Waals surface area contributed by atoms with Crippen LogP contribution in [0.25, 0.3) is 10.2 Å². The fourth-order valence-electron chi connectivity index (χ4n) is 4.30. The van der Waals surface area contributed by atoms with Crippen LogP contribution >= 0.6 is 11.3 Å². The van der Waals surface area contributed by atoms with E-state index in [9.17, 15) is 9.59 Å². The lowest BCUT2D eigenvalue weighted by atomic mass is 10.1. The molecule has 1 aliphatic carbocycles. The standard InChI is InChI=1S/C20H19N3O2S/c1-12-9-13-5-2-3-7-15(13)23(12)17(24)10-22-11-21-19-18(20(22)25)14-6-4-8-16(14)26-19/h2-3,5,7,11-12H,4,6,8-10H2,1H3/t12-/m0/s1. The third kappa shape index (κ3) is 2.25. The number of rotatable bonds is 2. The quantitative estimate of drug-likeness (QED) is 0.702. The van der Waals surface area contributed by atoms with Crippen molar-refractivity contribution in [1.29, 1.82) is 0 Å². The maximum atomic E-state index is 13.0. The van der Waals surface area contributed by atoms with Crippen LogP contribution in [0.1, 0.15) is 29.3 Å². The molecule has 0 fully saturated rings. The number of benzene rings is 1. The van der Waals surface area contributed by atoms with Crippen molar-refractivity contribution in [3.05, 3.63) is 57.0 Å². The SMILES string of the molecule is C[C@H]1Cc2ccccc2N1C(=O)Cn1cnc2sc3c(c2c1=O)CCC3. The van der Waals surface area contributed by atoms with Crippen molar-refractivity contribution in [2.75, 3.05) is 4.90 Å². The largest absolute Gasteiger partial charge is 0.307 e. The molecule has 26 heavy (non-hydrogen) atoms. The number of fused-ring (bicyclic) bond motifs is 4. The summed E-state index contributed by atoms with van der Waals surface area (Å²) < 4.78 is 1.48. The van der Waals surface area contributed by atoms with Crippen molar-refractivity contribution in [3.63, 3.8) is 0 Å². The van der Waals surface area contributed by atoms with Crippen LogP contribution in [0.15, 0.2) is 35.4 Å². The number of carbonyl (C=O) groups excluding carboxylic acids is 1. The maximum absolute atomic E-state index is 13.0. The highest BCUT2D eigenvalue weighted by Gasteiger charge is 2.31. The van der Waals surface area contributed by atoms with Crippen LogP contribution in [0, 0.1) is 0 Å². The highest BCUT2D eigenvalue weighted by molar-refractivity contribution is 7.18. The molecular formula is C20H19N3O2S. The van der Waals surface area contributed by atoms with Crippen molar-refractivity contribution in [3.8, 4) is 0 Å². The zero-order valence-corrected chi connectivity index (χ0v) is 15.4. The second kappa shape index (κ2) is 5.77. The molecule has 0 unspecified atom stereocenters. The van der Waals surface area contributed by atoms with E-state index in [0.717, 1.165) is 47.2 Å². The molecule has 2 aromatic heterocycles. The van der Waals surface area contributed by atoms with Crippen molar-refractivity contribution < 1.29 is 4.79 Å². The number of nitrogens with zero attached hydrogens (tertiary/aromatic N) is 3. The molecule has 0 spiro atoms. The molecule has 0 N–H and O–H groups in total. The fraction of sp³-hybridized carbons (Fsp3) is 0.350. The average Bonchev–Trinajstić information content (AvgIpc) is 3.28. The van der Waals surface area contributed by atoms with E-state index in [-0.39, 0.29) is 24.1 Å². The van der Waals surface area contributed by atoms with Crippen LogP contribution in [-0.2, 0) is 30.6 Å². The molecule has 0 bridgehead atoms. The maximum Gasteiger partial charge on any atom is 0.262 e. The van der Waals surface area contributed by atoms with Crippen molar-refractivity contribution in [2.24, 2.45) is 0 Å². The molecular weight excluding hydrogens is 346 g/mol. The van der Waals surface area contributed by atoms with Gasteiger partial charge in [-0.15, -0.1) is 11.3 Å². The van der Waals surface area contributed by atoms with Gasteiger partial charge in [0.1, 0.15) is 11.4 Å². The molecule has 0 saturated carbocycles. The van der Waals surface area contributed by atoms with Crippen LogP contribution in [0.4, 0.5) is 5.69 Å². The highest BCUT2D eigenvalue weighted by Crippen LogP contribution is 2.34. The van der Waals surface area contributed by atoms with Gasteiger partial charge in [0.05, 0.1) is 11.7 Å². The Morgan fingerprint density at radius 2 is 2.15 bits per heavy atom. The minimum Gasteiger partial charge on any atom is -0.307 e. The summed E-state index contributed by atoms with van der Waals surface area (Å²) >= 11 is 1.62. The van der Waals surface area contributed by atoms with Gasteiger partial charge in [-0.2, -0.15) is 0 Å². The number of aryl methyl sites for hydroxylation is 2. The minimum absolute atomic E-state index is 0.0328. The van der Waals surface area contributed by atoms with E-state index in [2.05, 4.69) is 11.1 Å². The molecule has 132 valence electrons. The molecule has 0 radical (unpaired) electrons. The van der Waals surface area contributed by atoms with Gasteiger partial charge in [0.2, 0.25) is 5.91 Å². The van der Waals surface area contributed by atoms with E-state index in [4.69, 9.17) is 0 Å². The van der Waals surface area contributed by atoms with Gasteiger partial charge in [0.15, 0.2) is 0 Å². The third-order valence-corrected chi connectivity index (χ3v) is 6.67.